The Morgan fingerprint density at radius 2 is 1.65 bits per heavy atom. The molecule has 0 fully saturated rings. The zero-order valence-corrected chi connectivity index (χ0v) is 13.9. The minimum Gasteiger partial charge on any atom is -0.268 e. The van der Waals surface area contributed by atoms with Crippen LogP contribution < -0.4 is 10.9 Å². The van der Waals surface area contributed by atoms with Gasteiger partial charge < -0.3 is 0 Å². The molecule has 0 radical (unpaired) electrons. The number of carbonyl (C=O) groups is 2. The standard InChI is InChI=1S/C19H17N5O2/c25-18(21-22-19(26)16-9-5-2-6-10-16)12-11-17-14-24(23-20-17)13-15-7-3-1-4-8-15/h1-12,14H,13H2,(H,21,25)(H,22,26)/b12-11+. The summed E-state index contributed by atoms with van der Waals surface area (Å²) in [6, 6.07) is 18.5. The Balaban J connectivity index is 1.50. The van der Waals surface area contributed by atoms with Crippen LogP contribution in [0.15, 0.2) is 72.9 Å². The van der Waals surface area contributed by atoms with Crippen LogP contribution in [-0.2, 0) is 11.3 Å². The SMILES string of the molecule is O=C(/C=C/c1cn(Cc2ccccc2)nn1)NNC(=O)c1ccccc1. The molecule has 7 heteroatoms. The van der Waals surface area contributed by atoms with E-state index in [1.165, 1.54) is 12.2 Å². The average Bonchev–Trinajstić information content (AvgIpc) is 3.13. The summed E-state index contributed by atoms with van der Waals surface area (Å²) in [7, 11) is 0. The first-order chi connectivity index (χ1) is 12.7. The van der Waals surface area contributed by atoms with Crippen LogP contribution in [0.5, 0.6) is 0 Å². The van der Waals surface area contributed by atoms with Gasteiger partial charge in [-0.2, -0.15) is 0 Å². The van der Waals surface area contributed by atoms with Crippen LogP contribution in [0.25, 0.3) is 6.08 Å². The highest BCUT2D eigenvalue weighted by Gasteiger charge is 2.05. The number of benzene rings is 2. The number of nitrogens with zero attached hydrogens (tertiary/aromatic N) is 3. The van der Waals surface area contributed by atoms with E-state index < -0.39 is 5.91 Å². The van der Waals surface area contributed by atoms with Gasteiger partial charge in [0.05, 0.1) is 12.7 Å². The second kappa shape index (κ2) is 8.39. The maximum atomic E-state index is 11.8. The number of nitrogens with one attached hydrogen (secondary N) is 2. The molecule has 0 aliphatic rings. The van der Waals surface area contributed by atoms with Gasteiger partial charge in [-0.1, -0.05) is 53.7 Å². The van der Waals surface area contributed by atoms with Crippen molar-refractivity contribution in [3.8, 4) is 0 Å². The lowest BCUT2D eigenvalue weighted by Crippen LogP contribution is -2.40. The summed E-state index contributed by atoms with van der Waals surface area (Å²) >= 11 is 0. The molecule has 0 unspecified atom stereocenters. The van der Waals surface area contributed by atoms with Gasteiger partial charge in [-0.15, -0.1) is 5.10 Å². The van der Waals surface area contributed by atoms with Crippen LogP contribution in [0.4, 0.5) is 0 Å². The predicted octanol–water partition coefficient (Wildman–Crippen LogP) is 1.80. The number of aromatic nitrogens is 3. The molecule has 130 valence electrons. The van der Waals surface area contributed by atoms with Crippen molar-refractivity contribution in [2.75, 3.05) is 0 Å². The predicted molar refractivity (Wildman–Crippen MR) is 96.7 cm³/mol. The highest BCUT2D eigenvalue weighted by molar-refractivity contribution is 5.97. The molecule has 26 heavy (non-hydrogen) atoms. The van der Waals surface area contributed by atoms with E-state index in [1.54, 1.807) is 35.1 Å². The number of carbonyl (C=O) groups excluding carboxylic acids is 2. The van der Waals surface area contributed by atoms with Gasteiger partial charge in [-0.05, 0) is 23.8 Å². The first kappa shape index (κ1) is 17.1. The van der Waals surface area contributed by atoms with Crippen molar-refractivity contribution in [1.29, 1.82) is 0 Å². The Kier molecular flexibility index (Phi) is 5.51. The molecule has 2 aromatic carbocycles. The summed E-state index contributed by atoms with van der Waals surface area (Å²) in [4.78, 5) is 23.6. The molecule has 1 heterocycles. The highest BCUT2D eigenvalue weighted by Crippen LogP contribution is 2.03. The third kappa shape index (κ3) is 4.88. The Bertz CT molecular complexity index is 904. The summed E-state index contributed by atoms with van der Waals surface area (Å²) in [5.41, 5.74) is 6.77. The lowest BCUT2D eigenvalue weighted by Gasteiger charge is -2.04. The van der Waals surface area contributed by atoms with Gasteiger partial charge in [0.1, 0.15) is 5.69 Å². The molecule has 3 rings (SSSR count). The molecule has 7 nitrogen and oxygen atoms in total. The summed E-state index contributed by atoms with van der Waals surface area (Å²) < 4.78 is 1.68. The minimum atomic E-state index is -0.466. The second-order valence-corrected chi connectivity index (χ2v) is 5.47. The first-order valence-corrected chi connectivity index (χ1v) is 7.98. The lowest BCUT2D eigenvalue weighted by molar-refractivity contribution is -0.117. The molecule has 3 aromatic rings. The van der Waals surface area contributed by atoms with Crippen molar-refractivity contribution < 1.29 is 9.59 Å². The molecular formula is C19H17N5O2. The van der Waals surface area contributed by atoms with Crippen molar-refractivity contribution in [2.45, 2.75) is 6.54 Å². The smallest absolute Gasteiger partial charge is 0.268 e. The third-order valence-electron chi connectivity index (χ3n) is 3.48. The largest absolute Gasteiger partial charge is 0.269 e. The molecule has 2 amide bonds. The normalized spacial score (nSPS) is 10.6. The molecule has 0 aliphatic carbocycles. The Labute approximate surface area is 150 Å². The van der Waals surface area contributed by atoms with Crippen molar-refractivity contribution >= 4 is 17.9 Å². The molecule has 0 saturated carbocycles. The summed E-state index contributed by atoms with van der Waals surface area (Å²) in [5.74, 6) is -0.854. The van der Waals surface area contributed by atoms with Crippen LogP contribution >= 0.6 is 0 Å². The number of hydrogen-bond donors (Lipinski definition) is 2. The minimum absolute atomic E-state index is 0.388. The number of hydrogen-bond acceptors (Lipinski definition) is 4. The molecule has 0 bridgehead atoms. The van der Waals surface area contributed by atoms with E-state index in [0.29, 0.717) is 17.8 Å². The lowest BCUT2D eigenvalue weighted by atomic mass is 10.2. The topological polar surface area (TPSA) is 88.9 Å². The molecule has 0 aliphatic heterocycles. The van der Waals surface area contributed by atoms with Crippen LogP contribution in [0.1, 0.15) is 21.6 Å². The van der Waals surface area contributed by atoms with Gasteiger partial charge >= 0.3 is 0 Å². The molecule has 0 saturated heterocycles. The van der Waals surface area contributed by atoms with Crippen LogP contribution in [0, 0.1) is 0 Å². The van der Waals surface area contributed by atoms with Gasteiger partial charge in [0, 0.05) is 11.6 Å². The Hall–Kier alpha value is -3.74. The van der Waals surface area contributed by atoms with Gasteiger partial charge in [-0.25, -0.2) is 4.68 Å². The molecular weight excluding hydrogens is 330 g/mol. The van der Waals surface area contributed by atoms with E-state index in [2.05, 4.69) is 21.2 Å². The van der Waals surface area contributed by atoms with E-state index in [0.717, 1.165) is 5.56 Å². The molecule has 0 atom stereocenters. The maximum Gasteiger partial charge on any atom is 0.269 e. The number of amides is 2. The molecule has 0 spiro atoms. The average molecular weight is 347 g/mol. The quantitative estimate of drug-likeness (QED) is 0.544. The third-order valence-corrected chi connectivity index (χ3v) is 3.48. The van der Waals surface area contributed by atoms with E-state index in [9.17, 15) is 9.59 Å². The van der Waals surface area contributed by atoms with Crippen LogP contribution in [-0.4, -0.2) is 26.8 Å². The summed E-state index contributed by atoms with van der Waals surface area (Å²) in [5, 5.41) is 8.00. The van der Waals surface area contributed by atoms with Crippen molar-refractivity contribution in [1.82, 2.24) is 25.8 Å². The van der Waals surface area contributed by atoms with E-state index in [1.807, 2.05) is 36.4 Å². The van der Waals surface area contributed by atoms with Gasteiger partial charge in [-0.3, -0.25) is 20.4 Å². The van der Waals surface area contributed by atoms with Gasteiger partial charge in [0.2, 0.25) is 0 Å². The zero-order valence-electron chi connectivity index (χ0n) is 13.9. The zero-order chi connectivity index (χ0) is 18.2. The Morgan fingerprint density at radius 1 is 0.962 bits per heavy atom. The maximum absolute atomic E-state index is 11.8. The van der Waals surface area contributed by atoms with Crippen LogP contribution in [0.2, 0.25) is 0 Å². The Morgan fingerprint density at radius 3 is 2.38 bits per heavy atom. The number of hydrazine groups is 1. The molecule has 2 N–H and O–H groups in total. The molecule has 1 aromatic heterocycles. The fourth-order valence-electron chi connectivity index (χ4n) is 2.22. The number of rotatable bonds is 5. The summed E-state index contributed by atoms with van der Waals surface area (Å²) in [6.07, 6.45) is 4.54. The van der Waals surface area contributed by atoms with Crippen molar-refractivity contribution in [3.63, 3.8) is 0 Å². The monoisotopic (exact) mass is 347 g/mol. The van der Waals surface area contributed by atoms with Gasteiger partial charge in [0.25, 0.3) is 11.8 Å². The van der Waals surface area contributed by atoms with E-state index in [-0.39, 0.29) is 5.91 Å². The van der Waals surface area contributed by atoms with E-state index in [4.69, 9.17) is 0 Å². The highest BCUT2D eigenvalue weighted by atomic mass is 16.2. The first-order valence-electron chi connectivity index (χ1n) is 7.98. The van der Waals surface area contributed by atoms with Crippen LogP contribution in [0.3, 0.4) is 0 Å². The van der Waals surface area contributed by atoms with Crippen molar-refractivity contribution in [3.05, 3.63) is 89.8 Å². The fourth-order valence-corrected chi connectivity index (χ4v) is 2.22. The van der Waals surface area contributed by atoms with E-state index >= 15 is 0 Å². The van der Waals surface area contributed by atoms with Gasteiger partial charge in [0.15, 0.2) is 0 Å². The fraction of sp³-hybridized carbons (Fsp3) is 0.0526. The summed E-state index contributed by atoms with van der Waals surface area (Å²) in [6.45, 7) is 0.598. The van der Waals surface area contributed by atoms with Crippen molar-refractivity contribution in [2.24, 2.45) is 0 Å². The second-order valence-electron chi connectivity index (χ2n) is 5.47.